The fourth-order valence-electron chi connectivity index (χ4n) is 5.58. The van der Waals surface area contributed by atoms with Gasteiger partial charge in [0.1, 0.15) is 46.3 Å². The molecule has 0 aromatic carbocycles. The van der Waals surface area contributed by atoms with Crippen molar-refractivity contribution in [1.82, 2.24) is 34.4 Å². The van der Waals surface area contributed by atoms with Crippen LogP contribution in [0.2, 0.25) is 0 Å². The number of hydrogen-bond acceptors (Lipinski definition) is 8. The lowest BCUT2D eigenvalue weighted by Gasteiger charge is -2.27. The Morgan fingerprint density at radius 2 is 1.97 bits per heavy atom. The van der Waals surface area contributed by atoms with Crippen LogP contribution in [0, 0.1) is 5.92 Å². The van der Waals surface area contributed by atoms with Crippen LogP contribution >= 0.6 is 15.9 Å². The minimum absolute atomic E-state index is 0.00743. The van der Waals surface area contributed by atoms with E-state index in [-0.39, 0.29) is 30.2 Å². The predicted molar refractivity (Wildman–Crippen MR) is 148 cm³/mol. The van der Waals surface area contributed by atoms with E-state index in [0.29, 0.717) is 44.8 Å². The number of fused-ring (bicyclic) bond motifs is 4. The summed E-state index contributed by atoms with van der Waals surface area (Å²) in [4.78, 5) is 50.8. The van der Waals surface area contributed by atoms with Gasteiger partial charge in [-0.1, -0.05) is 6.07 Å². The van der Waals surface area contributed by atoms with Crippen molar-refractivity contribution in [1.29, 1.82) is 0 Å². The molecule has 1 unspecified atom stereocenters. The SMILES string of the molecule is Nc1ncnc2c1c1nc(-c3cccnc3)ccc1n2CC(=O)N1[C@@H]2CC2C[C@H]1C(=O)Nc1cccc(Br)n1. The molecule has 2 aliphatic rings. The Morgan fingerprint density at radius 3 is 2.79 bits per heavy atom. The highest BCUT2D eigenvalue weighted by Gasteiger charge is 2.56. The maximum Gasteiger partial charge on any atom is 0.248 e. The maximum atomic E-state index is 13.8. The summed E-state index contributed by atoms with van der Waals surface area (Å²) >= 11 is 3.33. The first-order valence-corrected chi connectivity index (χ1v) is 13.3. The van der Waals surface area contributed by atoms with Gasteiger partial charge in [-0.3, -0.25) is 14.6 Å². The van der Waals surface area contributed by atoms with E-state index in [2.05, 4.69) is 41.2 Å². The van der Waals surface area contributed by atoms with Gasteiger partial charge in [-0.05, 0) is 71.1 Å². The van der Waals surface area contributed by atoms with Crippen molar-refractivity contribution in [2.45, 2.75) is 31.5 Å². The van der Waals surface area contributed by atoms with E-state index in [4.69, 9.17) is 10.7 Å². The van der Waals surface area contributed by atoms with Crippen molar-refractivity contribution < 1.29 is 9.59 Å². The van der Waals surface area contributed by atoms with Crippen molar-refractivity contribution >= 4 is 61.4 Å². The average Bonchev–Trinajstić information content (AvgIpc) is 3.48. The highest BCUT2D eigenvalue weighted by molar-refractivity contribution is 9.10. The van der Waals surface area contributed by atoms with E-state index < -0.39 is 6.04 Å². The lowest BCUT2D eigenvalue weighted by atomic mass is 10.1. The summed E-state index contributed by atoms with van der Waals surface area (Å²) in [5.41, 5.74) is 9.70. The van der Waals surface area contributed by atoms with Crippen LogP contribution in [0.1, 0.15) is 12.8 Å². The Hall–Kier alpha value is -4.45. The molecule has 2 amide bonds. The van der Waals surface area contributed by atoms with Gasteiger partial charge in [0.25, 0.3) is 0 Å². The number of carbonyl (C=O) groups excluding carboxylic acids is 2. The Morgan fingerprint density at radius 1 is 1.08 bits per heavy atom. The number of carbonyl (C=O) groups is 2. The number of piperidine rings is 1. The van der Waals surface area contributed by atoms with Crippen LogP contribution in [0.5, 0.6) is 0 Å². The number of amides is 2. The number of anilines is 2. The summed E-state index contributed by atoms with van der Waals surface area (Å²) < 4.78 is 2.43. The van der Waals surface area contributed by atoms with Crippen molar-refractivity contribution in [3.8, 4) is 11.3 Å². The van der Waals surface area contributed by atoms with E-state index in [9.17, 15) is 9.59 Å². The van der Waals surface area contributed by atoms with Crippen LogP contribution in [-0.4, -0.2) is 58.3 Å². The second-order valence-corrected chi connectivity index (χ2v) is 10.6. The molecule has 6 heterocycles. The second kappa shape index (κ2) is 9.09. The van der Waals surface area contributed by atoms with E-state index in [1.54, 1.807) is 35.5 Å². The van der Waals surface area contributed by atoms with Gasteiger partial charge in [-0.15, -0.1) is 0 Å². The molecular formula is C27H22BrN9O2. The minimum Gasteiger partial charge on any atom is -0.383 e. The zero-order valence-electron chi connectivity index (χ0n) is 20.5. The quantitative estimate of drug-likeness (QED) is 0.299. The number of nitrogens with one attached hydrogen (secondary N) is 1. The highest BCUT2D eigenvalue weighted by atomic mass is 79.9. The summed E-state index contributed by atoms with van der Waals surface area (Å²) in [5, 5.41) is 3.45. The third kappa shape index (κ3) is 4.07. The molecule has 12 heteroatoms. The van der Waals surface area contributed by atoms with E-state index in [1.807, 2.05) is 28.8 Å². The normalized spacial score (nSPS) is 19.8. The van der Waals surface area contributed by atoms with Crippen LogP contribution in [0.15, 0.2) is 65.8 Å². The fourth-order valence-corrected chi connectivity index (χ4v) is 5.92. The number of aromatic nitrogens is 6. The number of likely N-dealkylation sites (tertiary alicyclic amines) is 1. The Kier molecular flexibility index (Phi) is 5.51. The van der Waals surface area contributed by atoms with Crippen molar-refractivity contribution in [3.05, 3.63) is 65.8 Å². The lowest BCUT2D eigenvalue weighted by Crippen LogP contribution is -2.46. The van der Waals surface area contributed by atoms with Gasteiger partial charge in [0.2, 0.25) is 11.8 Å². The van der Waals surface area contributed by atoms with Crippen molar-refractivity contribution in [2.24, 2.45) is 5.92 Å². The second-order valence-electron chi connectivity index (χ2n) is 9.80. The largest absolute Gasteiger partial charge is 0.383 e. The van der Waals surface area contributed by atoms with E-state index in [0.717, 1.165) is 17.7 Å². The molecule has 7 rings (SSSR count). The number of halogens is 1. The molecule has 5 aromatic rings. The van der Waals surface area contributed by atoms with Crippen LogP contribution < -0.4 is 11.1 Å². The maximum absolute atomic E-state index is 13.8. The molecule has 1 aliphatic heterocycles. The van der Waals surface area contributed by atoms with Gasteiger partial charge >= 0.3 is 0 Å². The molecule has 0 radical (unpaired) electrons. The smallest absolute Gasteiger partial charge is 0.248 e. The van der Waals surface area contributed by atoms with Gasteiger partial charge in [0.05, 0.1) is 16.6 Å². The van der Waals surface area contributed by atoms with Gasteiger partial charge in [0, 0.05) is 24.0 Å². The predicted octanol–water partition coefficient (Wildman–Crippen LogP) is 3.41. The van der Waals surface area contributed by atoms with E-state index in [1.165, 1.54) is 6.33 Å². The molecule has 1 aliphatic carbocycles. The summed E-state index contributed by atoms with van der Waals surface area (Å²) in [6, 6.07) is 12.4. The number of nitrogens with zero attached hydrogens (tertiary/aromatic N) is 7. The molecule has 3 N–H and O–H groups in total. The van der Waals surface area contributed by atoms with E-state index >= 15 is 0 Å². The summed E-state index contributed by atoms with van der Waals surface area (Å²) in [6.07, 6.45) is 6.37. The zero-order chi connectivity index (χ0) is 26.7. The molecule has 1 saturated heterocycles. The number of rotatable bonds is 5. The first kappa shape index (κ1) is 23.7. The molecule has 3 atom stereocenters. The number of nitrogens with two attached hydrogens (primary N) is 1. The number of pyridine rings is 3. The van der Waals surface area contributed by atoms with Crippen LogP contribution in [-0.2, 0) is 16.1 Å². The van der Waals surface area contributed by atoms with Gasteiger partial charge in [-0.2, -0.15) is 0 Å². The summed E-state index contributed by atoms with van der Waals surface area (Å²) in [7, 11) is 0. The third-order valence-corrected chi connectivity index (χ3v) is 7.87. The molecule has 1 saturated carbocycles. The first-order chi connectivity index (χ1) is 19.0. The molecule has 11 nitrogen and oxygen atoms in total. The molecule has 2 fully saturated rings. The minimum atomic E-state index is -0.565. The zero-order valence-corrected chi connectivity index (χ0v) is 22.1. The first-order valence-electron chi connectivity index (χ1n) is 12.5. The monoisotopic (exact) mass is 583 g/mol. The Labute approximate surface area is 230 Å². The third-order valence-electron chi connectivity index (χ3n) is 7.43. The molecule has 0 bridgehead atoms. The molecule has 0 spiro atoms. The van der Waals surface area contributed by atoms with Crippen LogP contribution in [0.25, 0.3) is 33.3 Å². The number of nitrogen functional groups attached to an aromatic ring is 1. The molecule has 5 aromatic heterocycles. The Bertz CT molecular complexity index is 1770. The summed E-state index contributed by atoms with van der Waals surface area (Å²) in [5.74, 6) is 0.661. The molecule has 194 valence electrons. The fraction of sp³-hybridized carbons (Fsp3) is 0.222. The summed E-state index contributed by atoms with van der Waals surface area (Å²) in [6.45, 7) is -0.00743. The standard InChI is InChI=1S/C27H22BrN9O2/c28-20-4-1-5-21(34-20)35-27(39)19-10-15-9-18(15)37(19)22(38)12-36-17-7-6-16(14-3-2-8-30-11-14)33-24(17)23-25(29)31-13-32-26(23)36/h1-8,11,13,15,18-19H,9-10,12H2,(H2,29,31,32)(H,34,35,39)/t15?,18-,19+/m1/s1. The van der Waals surface area contributed by atoms with Crippen LogP contribution in [0.3, 0.4) is 0 Å². The Balaban J connectivity index is 1.23. The number of hydrogen-bond donors (Lipinski definition) is 2. The van der Waals surface area contributed by atoms with Crippen molar-refractivity contribution in [3.63, 3.8) is 0 Å². The highest BCUT2D eigenvalue weighted by Crippen LogP contribution is 2.48. The van der Waals surface area contributed by atoms with Crippen LogP contribution in [0.4, 0.5) is 11.6 Å². The molecular weight excluding hydrogens is 562 g/mol. The van der Waals surface area contributed by atoms with Gasteiger partial charge in [0.15, 0.2) is 0 Å². The topological polar surface area (TPSA) is 145 Å². The molecule has 39 heavy (non-hydrogen) atoms. The lowest BCUT2D eigenvalue weighted by molar-refractivity contribution is -0.138. The van der Waals surface area contributed by atoms with Gasteiger partial charge < -0.3 is 20.5 Å². The average molecular weight is 584 g/mol. The van der Waals surface area contributed by atoms with Gasteiger partial charge in [-0.25, -0.2) is 19.9 Å². The van der Waals surface area contributed by atoms with Crippen molar-refractivity contribution in [2.75, 3.05) is 11.1 Å².